The number of benzene rings is 1. The molecule has 4 nitrogen and oxygen atoms in total. The molecule has 1 aromatic rings. The quantitative estimate of drug-likeness (QED) is 0.766. The smallest absolute Gasteiger partial charge is 0.340 e. The van der Waals surface area contributed by atoms with Gasteiger partial charge in [-0.2, -0.15) is 0 Å². The van der Waals surface area contributed by atoms with Crippen LogP contribution in [-0.2, 0) is 4.79 Å². The molecule has 1 aromatic carbocycles. The normalized spacial score (nSPS) is 10.1. The number of nitrogens with one attached hydrogen (secondary N) is 1. The van der Waals surface area contributed by atoms with Gasteiger partial charge in [0.25, 0.3) is 0 Å². The lowest BCUT2D eigenvalue weighted by atomic mass is 10.1. The lowest BCUT2D eigenvalue weighted by molar-refractivity contribution is -0.116. The Morgan fingerprint density at radius 3 is 2.67 bits per heavy atom. The third-order valence-electron chi connectivity index (χ3n) is 2.51. The van der Waals surface area contributed by atoms with Crippen LogP contribution in [0.1, 0.15) is 43.0 Å². The molecule has 0 aromatic heterocycles. The third-order valence-corrected chi connectivity index (χ3v) is 2.51. The van der Waals surface area contributed by atoms with E-state index < -0.39 is 17.3 Å². The van der Waals surface area contributed by atoms with Gasteiger partial charge in [-0.15, -0.1) is 0 Å². The van der Waals surface area contributed by atoms with E-state index in [-0.39, 0.29) is 11.6 Å². The fourth-order valence-corrected chi connectivity index (χ4v) is 1.59. The molecule has 0 bridgehead atoms. The highest BCUT2D eigenvalue weighted by molar-refractivity contribution is 6.00. The van der Waals surface area contributed by atoms with Gasteiger partial charge in [0.2, 0.25) is 5.91 Å². The zero-order chi connectivity index (χ0) is 13.5. The van der Waals surface area contributed by atoms with Crippen LogP contribution in [-0.4, -0.2) is 17.0 Å². The van der Waals surface area contributed by atoms with Crippen LogP contribution in [0.5, 0.6) is 0 Å². The summed E-state index contributed by atoms with van der Waals surface area (Å²) in [6.07, 6.45) is 2.97. The van der Waals surface area contributed by atoms with Crippen molar-refractivity contribution in [2.75, 3.05) is 5.32 Å². The van der Waals surface area contributed by atoms with Crippen LogP contribution < -0.4 is 5.32 Å². The number of carboxylic acid groups (broad SMARTS) is 1. The minimum atomic E-state index is -1.39. The molecule has 0 unspecified atom stereocenters. The maximum atomic E-state index is 13.3. The molecule has 18 heavy (non-hydrogen) atoms. The maximum absolute atomic E-state index is 13.3. The van der Waals surface area contributed by atoms with Gasteiger partial charge in [0.1, 0.15) is 11.4 Å². The molecule has 5 heteroatoms. The van der Waals surface area contributed by atoms with Gasteiger partial charge in [0, 0.05) is 6.42 Å². The van der Waals surface area contributed by atoms with Crippen LogP contribution in [0.15, 0.2) is 18.2 Å². The summed E-state index contributed by atoms with van der Waals surface area (Å²) in [6, 6.07) is 3.80. The highest BCUT2D eigenvalue weighted by Crippen LogP contribution is 2.19. The van der Waals surface area contributed by atoms with Gasteiger partial charge in [-0.05, 0) is 18.6 Å². The van der Waals surface area contributed by atoms with Crippen molar-refractivity contribution in [1.82, 2.24) is 0 Å². The number of carboxylic acids is 1. The van der Waals surface area contributed by atoms with Crippen LogP contribution in [0.25, 0.3) is 0 Å². The van der Waals surface area contributed by atoms with Crippen molar-refractivity contribution < 1.29 is 19.1 Å². The number of carbonyl (C=O) groups is 2. The van der Waals surface area contributed by atoms with E-state index in [4.69, 9.17) is 5.11 Å². The Kier molecular flexibility index (Phi) is 5.30. The molecule has 0 fully saturated rings. The molecule has 0 spiro atoms. The largest absolute Gasteiger partial charge is 0.478 e. The minimum Gasteiger partial charge on any atom is -0.478 e. The first-order chi connectivity index (χ1) is 8.56. The Morgan fingerprint density at radius 2 is 2.06 bits per heavy atom. The molecule has 0 saturated carbocycles. The summed E-state index contributed by atoms with van der Waals surface area (Å²) < 4.78 is 13.3. The Labute approximate surface area is 105 Å². The number of rotatable bonds is 6. The average molecular weight is 253 g/mol. The van der Waals surface area contributed by atoms with Crippen LogP contribution in [0, 0.1) is 5.82 Å². The van der Waals surface area contributed by atoms with E-state index in [1.54, 1.807) is 0 Å². The van der Waals surface area contributed by atoms with Gasteiger partial charge in [-0.25, -0.2) is 9.18 Å². The highest BCUT2D eigenvalue weighted by Gasteiger charge is 2.16. The van der Waals surface area contributed by atoms with Crippen molar-refractivity contribution >= 4 is 17.6 Å². The highest BCUT2D eigenvalue weighted by atomic mass is 19.1. The standard InChI is InChI=1S/C13H16FNO3/c1-2-3-4-8-11(16)15-10-7-5-6-9(14)12(10)13(17)18/h5-7H,2-4,8H2,1H3,(H,15,16)(H,17,18). The molecular weight excluding hydrogens is 237 g/mol. The van der Waals surface area contributed by atoms with E-state index in [0.29, 0.717) is 6.42 Å². The molecule has 1 amide bonds. The van der Waals surface area contributed by atoms with Gasteiger partial charge in [-0.3, -0.25) is 4.79 Å². The number of anilines is 1. The molecule has 0 atom stereocenters. The summed E-state index contributed by atoms with van der Waals surface area (Å²) in [7, 11) is 0. The summed E-state index contributed by atoms with van der Waals surface area (Å²) in [5.74, 6) is -2.54. The molecule has 0 aliphatic heterocycles. The lowest BCUT2D eigenvalue weighted by Gasteiger charge is -2.08. The van der Waals surface area contributed by atoms with Crippen molar-refractivity contribution in [2.24, 2.45) is 0 Å². The second kappa shape index (κ2) is 6.74. The summed E-state index contributed by atoms with van der Waals surface area (Å²) in [5.41, 5.74) is -0.495. The van der Waals surface area contributed by atoms with Gasteiger partial charge in [0.05, 0.1) is 5.69 Å². The Balaban J connectivity index is 2.75. The van der Waals surface area contributed by atoms with E-state index in [2.05, 4.69) is 5.32 Å². The van der Waals surface area contributed by atoms with E-state index >= 15 is 0 Å². The van der Waals surface area contributed by atoms with E-state index in [1.165, 1.54) is 12.1 Å². The van der Waals surface area contributed by atoms with Gasteiger partial charge in [0.15, 0.2) is 0 Å². The van der Waals surface area contributed by atoms with Gasteiger partial charge < -0.3 is 10.4 Å². The van der Waals surface area contributed by atoms with E-state index in [0.717, 1.165) is 25.3 Å². The van der Waals surface area contributed by atoms with Crippen molar-refractivity contribution in [1.29, 1.82) is 0 Å². The second-order valence-electron chi connectivity index (χ2n) is 3.97. The van der Waals surface area contributed by atoms with Crippen molar-refractivity contribution in [3.05, 3.63) is 29.6 Å². The number of hydrogen-bond acceptors (Lipinski definition) is 2. The predicted octanol–water partition coefficient (Wildman–Crippen LogP) is 3.04. The number of amides is 1. The summed E-state index contributed by atoms with van der Waals surface area (Å²) in [4.78, 5) is 22.4. The fraction of sp³-hybridized carbons (Fsp3) is 0.385. The zero-order valence-electron chi connectivity index (χ0n) is 10.2. The first kappa shape index (κ1) is 14.2. The number of unbranched alkanes of at least 4 members (excludes halogenated alkanes) is 2. The van der Waals surface area contributed by atoms with Crippen molar-refractivity contribution in [2.45, 2.75) is 32.6 Å². The number of aromatic carboxylic acids is 1. The minimum absolute atomic E-state index is 0.00370. The molecule has 0 radical (unpaired) electrons. The number of hydrogen-bond donors (Lipinski definition) is 2. The Bertz CT molecular complexity index is 446. The fourth-order valence-electron chi connectivity index (χ4n) is 1.59. The van der Waals surface area contributed by atoms with Crippen molar-refractivity contribution in [3.8, 4) is 0 Å². The molecule has 0 aliphatic carbocycles. The molecular formula is C13H16FNO3. The Morgan fingerprint density at radius 1 is 1.33 bits per heavy atom. The zero-order valence-corrected chi connectivity index (χ0v) is 10.2. The maximum Gasteiger partial charge on any atom is 0.340 e. The van der Waals surface area contributed by atoms with Crippen LogP contribution in [0.4, 0.5) is 10.1 Å². The van der Waals surface area contributed by atoms with Gasteiger partial charge in [-0.1, -0.05) is 25.8 Å². The summed E-state index contributed by atoms with van der Waals surface area (Å²) in [6.45, 7) is 2.02. The van der Waals surface area contributed by atoms with E-state index in [1.807, 2.05) is 6.92 Å². The first-order valence-electron chi connectivity index (χ1n) is 5.88. The number of carbonyl (C=O) groups excluding carboxylic acids is 1. The van der Waals surface area contributed by atoms with E-state index in [9.17, 15) is 14.0 Å². The third kappa shape index (κ3) is 3.84. The Hall–Kier alpha value is -1.91. The molecule has 0 aliphatic rings. The SMILES string of the molecule is CCCCCC(=O)Nc1cccc(F)c1C(=O)O. The van der Waals surface area contributed by atoms with Crippen molar-refractivity contribution in [3.63, 3.8) is 0 Å². The summed E-state index contributed by atoms with van der Waals surface area (Å²) in [5, 5.41) is 11.3. The summed E-state index contributed by atoms with van der Waals surface area (Å²) >= 11 is 0. The second-order valence-corrected chi connectivity index (χ2v) is 3.97. The molecule has 0 heterocycles. The van der Waals surface area contributed by atoms with Gasteiger partial charge >= 0.3 is 5.97 Å². The lowest BCUT2D eigenvalue weighted by Crippen LogP contribution is -2.15. The molecule has 98 valence electrons. The topological polar surface area (TPSA) is 66.4 Å². The van der Waals surface area contributed by atoms with Crippen LogP contribution in [0.2, 0.25) is 0 Å². The molecule has 1 rings (SSSR count). The van der Waals surface area contributed by atoms with Crippen LogP contribution in [0.3, 0.4) is 0 Å². The monoisotopic (exact) mass is 253 g/mol. The molecule has 0 saturated heterocycles. The first-order valence-corrected chi connectivity index (χ1v) is 5.88. The predicted molar refractivity (Wildman–Crippen MR) is 66.1 cm³/mol. The average Bonchev–Trinajstić information content (AvgIpc) is 2.28. The van der Waals surface area contributed by atoms with Crippen LogP contribution >= 0.6 is 0 Å². The molecule has 2 N–H and O–H groups in total. The number of halogens is 1.